The van der Waals surface area contributed by atoms with Crippen molar-refractivity contribution in [2.75, 3.05) is 20.1 Å². The molecule has 0 fully saturated rings. The van der Waals surface area contributed by atoms with Gasteiger partial charge in [-0.3, -0.25) is 9.59 Å². The summed E-state index contributed by atoms with van der Waals surface area (Å²) in [5.41, 5.74) is 0. The Kier molecular flexibility index (Phi) is 6.70. The number of carboxylic acid groups (broad SMARTS) is 1. The zero-order chi connectivity index (χ0) is 11.8. The zero-order valence-corrected chi connectivity index (χ0v) is 9.52. The van der Waals surface area contributed by atoms with E-state index in [1.807, 2.05) is 18.9 Å². The first kappa shape index (κ1) is 13.9. The third kappa shape index (κ3) is 7.93. The van der Waals surface area contributed by atoms with E-state index in [-0.39, 0.29) is 18.9 Å². The number of ether oxygens (including phenoxy) is 1. The molecular formula is C10H19NO4. The number of carbonyl (C=O) groups is 2. The van der Waals surface area contributed by atoms with Crippen LogP contribution in [0.2, 0.25) is 0 Å². The zero-order valence-electron chi connectivity index (χ0n) is 9.52. The molecule has 0 saturated heterocycles. The van der Waals surface area contributed by atoms with Gasteiger partial charge in [-0.1, -0.05) is 6.92 Å². The van der Waals surface area contributed by atoms with E-state index in [4.69, 9.17) is 9.84 Å². The normalized spacial score (nSPS) is 12.5. The minimum absolute atomic E-state index is 0.0600. The predicted molar refractivity (Wildman–Crippen MR) is 55.6 cm³/mol. The van der Waals surface area contributed by atoms with Gasteiger partial charge >= 0.3 is 11.9 Å². The summed E-state index contributed by atoms with van der Waals surface area (Å²) < 4.78 is 5.03. The minimum atomic E-state index is -0.981. The van der Waals surface area contributed by atoms with Crippen molar-refractivity contribution >= 4 is 11.9 Å². The number of esters is 1. The molecule has 0 spiro atoms. The molecule has 88 valence electrons. The van der Waals surface area contributed by atoms with Gasteiger partial charge in [0.25, 0.3) is 0 Å². The van der Waals surface area contributed by atoms with Crippen LogP contribution in [0.15, 0.2) is 0 Å². The largest absolute Gasteiger partial charge is 0.481 e. The van der Waals surface area contributed by atoms with Gasteiger partial charge in [0.05, 0.1) is 12.8 Å². The molecule has 0 aromatic heterocycles. The molecule has 0 amide bonds. The van der Waals surface area contributed by atoms with Crippen molar-refractivity contribution in [2.45, 2.75) is 32.8 Å². The highest BCUT2D eigenvalue weighted by Gasteiger charge is 2.12. The number of rotatable bonds is 7. The smallest absolute Gasteiger partial charge is 0.306 e. The molecule has 0 aromatic rings. The summed E-state index contributed by atoms with van der Waals surface area (Å²) >= 11 is 0. The van der Waals surface area contributed by atoms with Crippen LogP contribution in [0.1, 0.15) is 26.7 Å². The highest BCUT2D eigenvalue weighted by molar-refractivity contribution is 5.76. The van der Waals surface area contributed by atoms with Crippen LogP contribution in [0, 0.1) is 0 Å². The van der Waals surface area contributed by atoms with Crippen LogP contribution in [0.25, 0.3) is 0 Å². The van der Waals surface area contributed by atoms with Crippen molar-refractivity contribution in [1.29, 1.82) is 0 Å². The van der Waals surface area contributed by atoms with Crippen LogP contribution in [0.5, 0.6) is 0 Å². The first-order chi connectivity index (χ1) is 6.95. The molecule has 0 radical (unpaired) electrons. The molecule has 0 bridgehead atoms. The lowest BCUT2D eigenvalue weighted by molar-refractivity contribution is -0.151. The summed E-state index contributed by atoms with van der Waals surface area (Å²) in [5.74, 6) is -1.43. The Morgan fingerprint density at radius 2 is 2.00 bits per heavy atom. The van der Waals surface area contributed by atoms with Gasteiger partial charge in [0.2, 0.25) is 0 Å². The Hall–Kier alpha value is -1.10. The van der Waals surface area contributed by atoms with Crippen LogP contribution in [-0.2, 0) is 14.3 Å². The number of carboxylic acids is 1. The van der Waals surface area contributed by atoms with Gasteiger partial charge in [-0.05, 0) is 20.5 Å². The topological polar surface area (TPSA) is 66.8 Å². The van der Waals surface area contributed by atoms with Crippen molar-refractivity contribution in [1.82, 2.24) is 4.90 Å². The van der Waals surface area contributed by atoms with E-state index in [9.17, 15) is 9.59 Å². The number of carbonyl (C=O) groups excluding carboxylic acids is 1. The van der Waals surface area contributed by atoms with Crippen molar-refractivity contribution in [3.05, 3.63) is 0 Å². The molecule has 1 atom stereocenters. The van der Waals surface area contributed by atoms with E-state index in [2.05, 4.69) is 0 Å². The Morgan fingerprint density at radius 3 is 2.47 bits per heavy atom. The van der Waals surface area contributed by atoms with Crippen LogP contribution >= 0.6 is 0 Å². The molecule has 0 aliphatic carbocycles. The fourth-order valence-corrected chi connectivity index (χ4v) is 1.10. The quantitative estimate of drug-likeness (QED) is 0.637. The Labute approximate surface area is 90.0 Å². The molecule has 0 aliphatic rings. The fourth-order valence-electron chi connectivity index (χ4n) is 1.10. The van der Waals surface area contributed by atoms with E-state index in [1.165, 1.54) is 0 Å². The maximum absolute atomic E-state index is 11.1. The lowest BCUT2D eigenvalue weighted by atomic mass is 10.3. The second-order valence-corrected chi connectivity index (χ2v) is 3.55. The van der Waals surface area contributed by atoms with Crippen LogP contribution in [0.3, 0.4) is 0 Å². The molecule has 1 unspecified atom stereocenters. The molecule has 1 N–H and O–H groups in total. The predicted octanol–water partition coefficient (Wildman–Crippen LogP) is 0.735. The highest BCUT2D eigenvalue weighted by Crippen LogP contribution is 1.99. The van der Waals surface area contributed by atoms with Crippen molar-refractivity contribution in [3.63, 3.8) is 0 Å². The van der Waals surface area contributed by atoms with E-state index >= 15 is 0 Å². The average molecular weight is 217 g/mol. The van der Waals surface area contributed by atoms with Crippen molar-refractivity contribution in [3.8, 4) is 0 Å². The monoisotopic (exact) mass is 217 g/mol. The summed E-state index contributed by atoms with van der Waals surface area (Å²) in [4.78, 5) is 23.3. The molecule has 0 aromatic carbocycles. The molecule has 0 heterocycles. The second-order valence-electron chi connectivity index (χ2n) is 3.55. The molecule has 0 saturated carbocycles. The van der Waals surface area contributed by atoms with Gasteiger partial charge in [-0.25, -0.2) is 0 Å². The number of aliphatic carboxylic acids is 1. The summed E-state index contributed by atoms with van der Waals surface area (Å²) in [6.07, 6.45) is -0.429. The van der Waals surface area contributed by atoms with E-state index in [0.717, 1.165) is 6.54 Å². The highest BCUT2D eigenvalue weighted by atomic mass is 16.5. The van der Waals surface area contributed by atoms with Gasteiger partial charge in [0, 0.05) is 6.54 Å². The minimum Gasteiger partial charge on any atom is -0.481 e. The maximum Gasteiger partial charge on any atom is 0.306 e. The van der Waals surface area contributed by atoms with Crippen molar-refractivity contribution < 1.29 is 19.4 Å². The standard InChI is InChI=1S/C10H19NO4/c1-4-11(3)7-8(2)15-10(14)6-5-9(12)13/h8H,4-7H2,1-3H3,(H,12,13). The summed E-state index contributed by atoms with van der Waals surface area (Å²) in [5, 5.41) is 8.36. The molecule has 0 rings (SSSR count). The van der Waals surface area contributed by atoms with Crippen LogP contribution < -0.4 is 0 Å². The first-order valence-corrected chi connectivity index (χ1v) is 5.05. The molecule has 5 heteroatoms. The number of hydrogen-bond donors (Lipinski definition) is 1. The Bertz CT molecular complexity index is 217. The third-order valence-corrected chi connectivity index (χ3v) is 1.98. The van der Waals surface area contributed by atoms with Gasteiger partial charge in [-0.15, -0.1) is 0 Å². The number of hydrogen-bond acceptors (Lipinski definition) is 4. The Morgan fingerprint density at radius 1 is 1.40 bits per heavy atom. The lowest BCUT2D eigenvalue weighted by Gasteiger charge is -2.19. The molecule has 0 aliphatic heterocycles. The van der Waals surface area contributed by atoms with E-state index in [0.29, 0.717) is 6.54 Å². The number of nitrogens with zero attached hydrogens (tertiary/aromatic N) is 1. The van der Waals surface area contributed by atoms with Gasteiger partial charge < -0.3 is 14.7 Å². The molecule has 5 nitrogen and oxygen atoms in total. The summed E-state index contributed by atoms with van der Waals surface area (Å²) in [6.45, 7) is 5.36. The molecular weight excluding hydrogens is 198 g/mol. The van der Waals surface area contributed by atoms with Gasteiger partial charge in [0.1, 0.15) is 6.10 Å². The first-order valence-electron chi connectivity index (χ1n) is 5.05. The number of likely N-dealkylation sites (N-methyl/N-ethyl adjacent to an activating group) is 1. The molecule has 15 heavy (non-hydrogen) atoms. The third-order valence-electron chi connectivity index (χ3n) is 1.98. The summed E-state index contributed by atoms with van der Waals surface area (Å²) in [7, 11) is 1.93. The maximum atomic E-state index is 11.1. The summed E-state index contributed by atoms with van der Waals surface area (Å²) in [6, 6.07) is 0. The fraction of sp³-hybridized carbons (Fsp3) is 0.800. The average Bonchev–Trinajstić information content (AvgIpc) is 2.14. The van der Waals surface area contributed by atoms with Gasteiger partial charge in [-0.2, -0.15) is 0 Å². The SMILES string of the molecule is CCN(C)CC(C)OC(=O)CCC(=O)O. The lowest BCUT2D eigenvalue weighted by Crippen LogP contribution is -2.30. The van der Waals surface area contributed by atoms with Crippen LogP contribution in [0.4, 0.5) is 0 Å². The van der Waals surface area contributed by atoms with Gasteiger partial charge in [0.15, 0.2) is 0 Å². The van der Waals surface area contributed by atoms with Crippen LogP contribution in [-0.4, -0.2) is 48.2 Å². The van der Waals surface area contributed by atoms with E-state index < -0.39 is 11.9 Å². The second kappa shape index (κ2) is 7.23. The van der Waals surface area contributed by atoms with E-state index in [1.54, 1.807) is 6.92 Å². The van der Waals surface area contributed by atoms with Crippen molar-refractivity contribution in [2.24, 2.45) is 0 Å². The Balaban J connectivity index is 3.71.